The van der Waals surface area contributed by atoms with Gasteiger partial charge in [0.2, 0.25) is 0 Å². The number of anilines is 1. The smallest absolute Gasteiger partial charge is 0.251 e. The van der Waals surface area contributed by atoms with Crippen LogP contribution < -0.4 is 9.64 Å². The van der Waals surface area contributed by atoms with E-state index in [1.165, 1.54) is 0 Å². The van der Waals surface area contributed by atoms with Gasteiger partial charge in [-0.1, -0.05) is 15.9 Å². The third kappa shape index (κ3) is 3.23. The van der Waals surface area contributed by atoms with Gasteiger partial charge in [0.15, 0.2) is 0 Å². The number of aromatic nitrogens is 3. The fourth-order valence-corrected chi connectivity index (χ4v) is 4.00. The van der Waals surface area contributed by atoms with Crippen LogP contribution in [-0.4, -0.2) is 34.0 Å². The summed E-state index contributed by atoms with van der Waals surface area (Å²) in [7, 11) is 1.99. The fraction of sp³-hybridized carbons (Fsp3) is 0.500. The lowest BCUT2D eigenvalue weighted by molar-refractivity contribution is 0.305. The van der Waals surface area contributed by atoms with Crippen LogP contribution in [0.25, 0.3) is 4.85 Å². The van der Waals surface area contributed by atoms with E-state index >= 15 is 0 Å². The number of benzene rings is 1. The van der Waals surface area contributed by atoms with Crippen molar-refractivity contribution in [3.63, 3.8) is 0 Å². The Balaban J connectivity index is 1.56. The highest BCUT2D eigenvalue weighted by Crippen LogP contribution is 2.46. The summed E-state index contributed by atoms with van der Waals surface area (Å²) in [6.07, 6.45) is 6.23. The molecule has 2 fully saturated rings. The van der Waals surface area contributed by atoms with Crippen molar-refractivity contribution in [3.05, 3.63) is 40.2 Å². The number of halogens is 1. The van der Waals surface area contributed by atoms with E-state index in [1.807, 2.05) is 23.7 Å². The molecular weight excluding hydrogens is 382 g/mol. The number of ether oxygens (including phenoxy) is 1. The number of aryl methyl sites for hydroxylation is 1. The van der Waals surface area contributed by atoms with Gasteiger partial charge in [-0.15, -0.1) is 10.2 Å². The highest BCUT2D eigenvalue weighted by atomic mass is 79.9. The molecule has 0 bridgehead atoms. The summed E-state index contributed by atoms with van der Waals surface area (Å²) in [6.45, 7) is 9.45. The van der Waals surface area contributed by atoms with Gasteiger partial charge in [-0.3, -0.25) is 0 Å². The Bertz CT molecular complexity index is 815. The predicted molar refractivity (Wildman–Crippen MR) is 99.2 cm³/mol. The molecular formula is C18H20BrN5O. The maximum absolute atomic E-state index is 7.66. The first-order valence-electron chi connectivity index (χ1n) is 8.63. The molecule has 2 heterocycles. The molecule has 4 rings (SSSR count). The first kappa shape index (κ1) is 16.4. The van der Waals surface area contributed by atoms with Crippen molar-refractivity contribution in [1.29, 1.82) is 0 Å². The Morgan fingerprint density at radius 2 is 2.00 bits per heavy atom. The molecule has 1 saturated heterocycles. The Labute approximate surface area is 155 Å². The van der Waals surface area contributed by atoms with Crippen LogP contribution in [0.4, 0.5) is 11.4 Å². The quantitative estimate of drug-likeness (QED) is 0.724. The molecule has 1 aliphatic carbocycles. The average Bonchev–Trinajstić information content (AvgIpc) is 3.34. The molecule has 1 aromatic heterocycles. The average molecular weight is 402 g/mol. The predicted octanol–water partition coefficient (Wildman–Crippen LogP) is 4.05. The van der Waals surface area contributed by atoms with Gasteiger partial charge in [0.25, 0.3) is 5.69 Å². The second kappa shape index (κ2) is 6.68. The zero-order valence-electron chi connectivity index (χ0n) is 14.2. The summed E-state index contributed by atoms with van der Waals surface area (Å²) >= 11 is 3.64. The van der Waals surface area contributed by atoms with Crippen molar-refractivity contribution in [2.24, 2.45) is 7.05 Å². The SMILES string of the molecule is [C-]#[N+]c1c(OC2CC2)ccc(Br)c1N1CCC(c2nncn2C)CC1. The highest BCUT2D eigenvalue weighted by molar-refractivity contribution is 9.10. The molecule has 2 aromatic rings. The van der Waals surface area contributed by atoms with Gasteiger partial charge in [0.05, 0.1) is 18.4 Å². The first-order valence-corrected chi connectivity index (χ1v) is 9.42. The van der Waals surface area contributed by atoms with Crippen LogP contribution in [0.3, 0.4) is 0 Å². The second-order valence-corrected chi connectivity index (χ2v) is 7.59. The summed E-state index contributed by atoms with van der Waals surface area (Å²) in [5.74, 6) is 2.19. The first-order chi connectivity index (χ1) is 12.2. The third-order valence-corrected chi connectivity index (χ3v) is 5.56. The molecule has 130 valence electrons. The number of hydrogen-bond donors (Lipinski definition) is 0. The largest absolute Gasteiger partial charge is 0.501 e. The van der Waals surface area contributed by atoms with E-state index in [2.05, 4.69) is 35.9 Å². The lowest BCUT2D eigenvalue weighted by Gasteiger charge is -2.34. The van der Waals surface area contributed by atoms with Crippen LogP contribution in [0, 0.1) is 6.57 Å². The van der Waals surface area contributed by atoms with E-state index in [0.717, 1.165) is 54.8 Å². The van der Waals surface area contributed by atoms with Gasteiger partial charge in [-0.25, -0.2) is 4.85 Å². The molecule has 2 aliphatic rings. The van der Waals surface area contributed by atoms with Gasteiger partial charge in [-0.2, -0.15) is 0 Å². The van der Waals surface area contributed by atoms with E-state index < -0.39 is 0 Å². The molecule has 0 N–H and O–H groups in total. The van der Waals surface area contributed by atoms with Crippen LogP contribution in [0.5, 0.6) is 5.75 Å². The van der Waals surface area contributed by atoms with E-state index in [0.29, 0.717) is 17.4 Å². The van der Waals surface area contributed by atoms with Gasteiger partial charge < -0.3 is 14.2 Å². The molecule has 0 atom stereocenters. The molecule has 0 unspecified atom stereocenters. The zero-order valence-corrected chi connectivity index (χ0v) is 15.7. The van der Waals surface area contributed by atoms with Crippen molar-refractivity contribution in [1.82, 2.24) is 14.8 Å². The minimum atomic E-state index is 0.288. The van der Waals surface area contributed by atoms with Crippen molar-refractivity contribution in [2.45, 2.75) is 37.7 Å². The van der Waals surface area contributed by atoms with E-state index in [9.17, 15) is 0 Å². The zero-order chi connectivity index (χ0) is 17.4. The van der Waals surface area contributed by atoms with Gasteiger partial charge in [0, 0.05) is 30.5 Å². The lowest BCUT2D eigenvalue weighted by Crippen LogP contribution is -2.34. The maximum atomic E-state index is 7.66. The molecule has 1 saturated carbocycles. The third-order valence-electron chi connectivity index (χ3n) is 4.92. The Hall–Kier alpha value is -2.07. The molecule has 1 aliphatic heterocycles. The second-order valence-electron chi connectivity index (χ2n) is 6.73. The van der Waals surface area contributed by atoms with Crippen molar-refractivity contribution >= 4 is 27.3 Å². The monoisotopic (exact) mass is 401 g/mol. The van der Waals surface area contributed by atoms with Crippen LogP contribution in [0.15, 0.2) is 22.9 Å². The Morgan fingerprint density at radius 1 is 1.24 bits per heavy atom. The number of rotatable bonds is 4. The van der Waals surface area contributed by atoms with Crippen LogP contribution in [0.2, 0.25) is 0 Å². The van der Waals surface area contributed by atoms with Crippen molar-refractivity contribution in [2.75, 3.05) is 18.0 Å². The topological polar surface area (TPSA) is 47.5 Å². The lowest BCUT2D eigenvalue weighted by atomic mass is 9.95. The molecule has 6 nitrogen and oxygen atoms in total. The summed E-state index contributed by atoms with van der Waals surface area (Å²) in [6, 6.07) is 3.90. The van der Waals surface area contributed by atoms with Crippen LogP contribution in [0.1, 0.15) is 37.4 Å². The highest BCUT2D eigenvalue weighted by Gasteiger charge is 2.29. The number of nitrogens with zero attached hydrogens (tertiary/aromatic N) is 5. The normalized spacial score (nSPS) is 18.2. The Morgan fingerprint density at radius 3 is 2.60 bits per heavy atom. The standard InChI is InChI=1S/C18H20BrN5O/c1-20-16-15(25-13-3-4-13)6-5-14(19)17(16)24-9-7-12(8-10-24)18-22-21-11-23(18)2/h5-6,11-13H,3-4,7-10H2,2H3. The molecule has 7 heteroatoms. The van der Waals surface area contributed by atoms with Crippen molar-refractivity contribution < 1.29 is 4.74 Å². The molecule has 0 spiro atoms. The molecule has 0 radical (unpaired) electrons. The molecule has 25 heavy (non-hydrogen) atoms. The fourth-order valence-electron chi connectivity index (χ4n) is 3.43. The minimum Gasteiger partial charge on any atom is -0.501 e. The van der Waals surface area contributed by atoms with Gasteiger partial charge in [-0.05, 0) is 37.8 Å². The molecule has 1 aromatic carbocycles. The van der Waals surface area contributed by atoms with Gasteiger partial charge >= 0.3 is 0 Å². The number of piperidine rings is 1. The van der Waals surface area contributed by atoms with E-state index in [1.54, 1.807) is 6.33 Å². The summed E-state index contributed by atoms with van der Waals surface area (Å²) in [5, 5.41) is 8.26. The minimum absolute atomic E-state index is 0.288. The van der Waals surface area contributed by atoms with Crippen LogP contribution >= 0.6 is 15.9 Å². The number of hydrogen-bond acceptors (Lipinski definition) is 4. The van der Waals surface area contributed by atoms with Crippen molar-refractivity contribution in [3.8, 4) is 5.75 Å². The summed E-state index contributed by atoms with van der Waals surface area (Å²) in [4.78, 5) is 6.09. The maximum Gasteiger partial charge on any atom is 0.251 e. The van der Waals surface area contributed by atoms with E-state index in [4.69, 9.17) is 11.3 Å². The Kier molecular flexibility index (Phi) is 4.38. The van der Waals surface area contributed by atoms with E-state index in [-0.39, 0.29) is 6.10 Å². The van der Waals surface area contributed by atoms with Gasteiger partial charge in [0.1, 0.15) is 17.9 Å². The molecule has 0 amide bonds. The van der Waals surface area contributed by atoms with Crippen LogP contribution in [-0.2, 0) is 7.05 Å². The summed E-state index contributed by atoms with van der Waals surface area (Å²) in [5.41, 5.74) is 1.59. The summed E-state index contributed by atoms with van der Waals surface area (Å²) < 4.78 is 8.91.